The molecule has 0 bridgehead atoms. The number of nitrogen functional groups attached to an aromatic ring is 1. The lowest BCUT2D eigenvalue weighted by molar-refractivity contribution is 0.465. The van der Waals surface area contributed by atoms with Crippen molar-refractivity contribution in [1.82, 2.24) is 9.97 Å². The van der Waals surface area contributed by atoms with E-state index >= 15 is 0 Å². The summed E-state index contributed by atoms with van der Waals surface area (Å²) >= 11 is 0. The Kier molecular flexibility index (Phi) is 2.54. The van der Waals surface area contributed by atoms with E-state index in [1.165, 1.54) is 0 Å². The fourth-order valence-corrected chi connectivity index (χ4v) is 1.14. The summed E-state index contributed by atoms with van der Waals surface area (Å²) in [5, 5.41) is 0. The molecule has 0 amide bonds. The van der Waals surface area contributed by atoms with Crippen LogP contribution in [0.5, 0.6) is 11.6 Å². The summed E-state index contributed by atoms with van der Waals surface area (Å²) < 4.78 is 5.53. The van der Waals surface area contributed by atoms with E-state index in [4.69, 9.17) is 10.5 Å². The molecule has 4 nitrogen and oxygen atoms in total. The first-order valence-electron chi connectivity index (χ1n) is 4.57. The lowest BCUT2D eigenvalue weighted by Crippen LogP contribution is -2.07. The second kappa shape index (κ2) is 4.00. The Labute approximate surface area is 88.5 Å². The maximum Gasteiger partial charge on any atom is 0.212 e. The predicted octanol–water partition coefficient (Wildman–Crippen LogP) is 0.110. The molecule has 5 heteroatoms. The Morgan fingerprint density at radius 3 is 2.73 bits per heavy atom. The molecule has 2 aromatic heterocycles. The highest BCUT2D eigenvalue weighted by molar-refractivity contribution is 6.33. The minimum atomic E-state index is 0.472. The van der Waals surface area contributed by atoms with Crippen LogP contribution < -0.4 is 15.9 Å². The van der Waals surface area contributed by atoms with Gasteiger partial charge in [-0.05, 0) is 23.7 Å². The maximum atomic E-state index is 5.53. The Hall–Kier alpha value is -2.04. The van der Waals surface area contributed by atoms with E-state index in [9.17, 15) is 0 Å². The van der Waals surface area contributed by atoms with Gasteiger partial charge in [0.1, 0.15) is 19.4 Å². The van der Waals surface area contributed by atoms with Gasteiger partial charge in [0.05, 0.1) is 6.20 Å². The average Bonchev–Trinajstić information content (AvgIpc) is 2.25. The van der Waals surface area contributed by atoms with Crippen molar-refractivity contribution >= 4 is 19.1 Å². The lowest BCUT2D eigenvalue weighted by atomic mass is 9.98. The molecule has 2 aromatic rings. The SMILES string of the molecule is Bc1cccnc1Oc1ccc(N)nc1. The van der Waals surface area contributed by atoms with Gasteiger partial charge in [0, 0.05) is 6.20 Å². The molecule has 74 valence electrons. The van der Waals surface area contributed by atoms with Crippen LogP contribution in [0.1, 0.15) is 0 Å². The molecule has 2 rings (SSSR count). The fraction of sp³-hybridized carbons (Fsp3) is 0. The Morgan fingerprint density at radius 2 is 2.07 bits per heavy atom. The van der Waals surface area contributed by atoms with Gasteiger partial charge in [-0.1, -0.05) is 6.07 Å². The van der Waals surface area contributed by atoms with Crippen LogP contribution in [0.15, 0.2) is 36.7 Å². The molecular weight excluding hydrogens is 189 g/mol. The second-order valence-electron chi connectivity index (χ2n) is 3.15. The van der Waals surface area contributed by atoms with Gasteiger partial charge in [-0.2, -0.15) is 0 Å². The van der Waals surface area contributed by atoms with Gasteiger partial charge in [-0.3, -0.25) is 0 Å². The predicted molar refractivity (Wildman–Crippen MR) is 61.1 cm³/mol. The molecule has 0 aliphatic carbocycles. The number of anilines is 1. The van der Waals surface area contributed by atoms with Crippen LogP contribution >= 0.6 is 0 Å². The molecule has 0 fully saturated rings. The Morgan fingerprint density at radius 1 is 1.20 bits per heavy atom. The highest BCUT2D eigenvalue weighted by Gasteiger charge is 2.01. The molecule has 0 radical (unpaired) electrons. The van der Waals surface area contributed by atoms with Gasteiger partial charge >= 0.3 is 0 Å². The van der Waals surface area contributed by atoms with Crippen LogP contribution in [0.4, 0.5) is 5.82 Å². The molecule has 0 atom stereocenters. The minimum Gasteiger partial charge on any atom is -0.438 e. The van der Waals surface area contributed by atoms with Crippen LogP contribution in [0, 0.1) is 0 Å². The molecule has 0 saturated heterocycles. The summed E-state index contributed by atoms with van der Waals surface area (Å²) in [5.74, 6) is 1.69. The number of hydrogen-bond acceptors (Lipinski definition) is 4. The topological polar surface area (TPSA) is 61.0 Å². The number of hydrogen-bond donors (Lipinski definition) is 1. The van der Waals surface area contributed by atoms with Crippen LogP contribution in [0.3, 0.4) is 0 Å². The summed E-state index contributed by atoms with van der Waals surface area (Å²) in [4.78, 5) is 8.04. The number of nitrogens with two attached hydrogens (primary N) is 1. The first kappa shape index (κ1) is 9.52. The number of pyridine rings is 2. The highest BCUT2D eigenvalue weighted by Crippen LogP contribution is 2.16. The zero-order chi connectivity index (χ0) is 10.7. The number of nitrogens with zero attached hydrogens (tertiary/aromatic N) is 2. The first-order valence-corrected chi connectivity index (χ1v) is 4.57. The van der Waals surface area contributed by atoms with Gasteiger partial charge in [-0.15, -0.1) is 0 Å². The van der Waals surface area contributed by atoms with Crippen LogP contribution in [0.25, 0.3) is 0 Å². The normalized spacial score (nSPS) is 9.87. The lowest BCUT2D eigenvalue weighted by Gasteiger charge is -2.06. The minimum absolute atomic E-state index is 0.472. The van der Waals surface area contributed by atoms with Crippen LogP contribution in [0.2, 0.25) is 0 Å². The molecule has 15 heavy (non-hydrogen) atoms. The van der Waals surface area contributed by atoms with Crippen molar-refractivity contribution in [2.75, 3.05) is 5.73 Å². The third-order valence-electron chi connectivity index (χ3n) is 1.94. The smallest absolute Gasteiger partial charge is 0.212 e. The zero-order valence-corrected chi connectivity index (χ0v) is 8.34. The van der Waals surface area contributed by atoms with E-state index in [1.807, 2.05) is 20.0 Å². The summed E-state index contributed by atoms with van der Waals surface area (Å²) in [6, 6.07) is 7.25. The largest absolute Gasteiger partial charge is 0.438 e. The standard InChI is InChI=1S/C10H10BN3O/c11-8-2-1-5-13-10(8)15-7-3-4-9(12)14-6-7/h1-6H,11H2,(H2,12,14). The van der Waals surface area contributed by atoms with Crippen molar-refractivity contribution in [3.8, 4) is 11.6 Å². The van der Waals surface area contributed by atoms with Crippen LogP contribution in [-0.4, -0.2) is 17.8 Å². The van der Waals surface area contributed by atoms with Gasteiger partial charge in [0.25, 0.3) is 0 Å². The average molecular weight is 199 g/mol. The van der Waals surface area contributed by atoms with E-state index < -0.39 is 0 Å². The molecule has 0 aromatic carbocycles. The Bertz CT molecular complexity index is 458. The third kappa shape index (κ3) is 2.25. The molecule has 2 heterocycles. The highest BCUT2D eigenvalue weighted by atomic mass is 16.5. The van der Waals surface area contributed by atoms with Crippen LogP contribution in [-0.2, 0) is 0 Å². The van der Waals surface area contributed by atoms with E-state index in [1.54, 1.807) is 24.5 Å². The van der Waals surface area contributed by atoms with Crippen molar-refractivity contribution in [2.45, 2.75) is 0 Å². The monoisotopic (exact) mass is 199 g/mol. The Balaban J connectivity index is 2.22. The summed E-state index contributed by atoms with van der Waals surface area (Å²) in [5.41, 5.74) is 6.45. The molecule has 0 spiro atoms. The van der Waals surface area contributed by atoms with Crippen molar-refractivity contribution in [3.63, 3.8) is 0 Å². The molecule has 0 aliphatic heterocycles. The summed E-state index contributed by atoms with van der Waals surface area (Å²) in [6.07, 6.45) is 3.26. The first-order chi connectivity index (χ1) is 7.25. The zero-order valence-electron chi connectivity index (χ0n) is 8.34. The molecule has 0 aliphatic rings. The van der Waals surface area contributed by atoms with Gasteiger partial charge in [0.15, 0.2) is 0 Å². The van der Waals surface area contributed by atoms with E-state index in [2.05, 4.69) is 9.97 Å². The quantitative estimate of drug-likeness (QED) is 0.697. The maximum absolute atomic E-state index is 5.53. The number of aromatic nitrogens is 2. The van der Waals surface area contributed by atoms with E-state index in [0.29, 0.717) is 17.4 Å². The van der Waals surface area contributed by atoms with Crippen molar-refractivity contribution in [1.29, 1.82) is 0 Å². The van der Waals surface area contributed by atoms with E-state index in [0.717, 1.165) is 5.46 Å². The second-order valence-corrected chi connectivity index (χ2v) is 3.15. The number of rotatable bonds is 2. The van der Waals surface area contributed by atoms with Gasteiger partial charge in [0.2, 0.25) is 5.88 Å². The molecule has 0 unspecified atom stereocenters. The van der Waals surface area contributed by atoms with Gasteiger partial charge in [-0.25, -0.2) is 9.97 Å². The summed E-state index contributed by atoms with van der Waals surface area (Å²) in [6.45, 7) is 0. The van der Waals surface area contributed by atoms with Gasteiger partial charge < -0.3 is 10.5 Å². The third-order valence-corrected chi connectivity index (χ3v) is 1.94. The van der Waals surface area contributed by atoms with Crippen molar-refractivity contribution in [2.24, 2.45) is 0 Å². The molecule has 0 saturated carbocycles. The molecular formula is C10H10BN3O. The fourth-order valence-electron chi connectivity index (χ4n) is 1.14. The van der Waals surface area contributed by atoms with E-state index in [-0.39, 0.29) is 0 Å². The summed E-state index contributed by atoms with van der Waals surface area (Å²) in [7, 11) is 1.94. The number of ether oxygens (including phenoxy) is 1. The molecule has 2 N–H and O–H groups in total. The van der Waals surface area contributed by atoms with Crippen molar-refractivity contribution in [3.05, 3.63) is 36.7 Å². The van der Waals surface area contributed by atoms with Crippen molar-refractivity contribution < 1.29 is 4.74 Å².